The van der Waals surface area contributed by atoms with Crippen LogP contribution in [0.5, 0.6) is 5.75 Å². The molecule has 2 aromatic carbocycles. The number of nitrogens with one attached hydrogen (secondary N) is 1. The van der Waals surface area contributed by atoms with Gasteiger partial charge in [0, 0.05) is 12.1 Å². The Labute approximate surface area is 113 Å². The molecule has 0 spiro atoms. The molecule has 2 aromatic rings. The van der Waals surface area contributed by atoms with Gasteiger partial charge in [-0.2, -0.15) is 0 Å². The Morgan fingerprint density at radius 1 is 1.00 bits per heavy atom. The Morgan fingerprint density at radius 3 is 2.95 bits per heavy atom. The van der Waals surface area contributed by atoms with E-state index < -0.39 is 0 Å². The molecular weight excluding hydrogens is 234 g/mol. The molecule has 0 saturated carbocycles. The van der Waals surface area contributed by atoms with Gasteiger partial charge in [-0.05, 0) is 47.7 Å². The van der Waals surface area contributed by atoms with Crippen LogP contribution in [0.2, 0.25) is 0 Å². The van der Waals surface area contributed by atoms with E-state index in [2.05, 4.69) is 47.8 Å². The van der Waals surface area contributed by atoms with Gasteiger partial charge in [0.1, 0.15) is 5.75 Å². The van der Waals surface area contributed by atoms with Gasteiger partial charge in [-0.3, -0.25) is 0 Å². The first-order valence-electron chi connectivity index (χ1n) is 7.00. The highest BCUT2D eigenvalue weighted by atomic mass is 16.5. The van der Waals surface area contributed by atoms with E-state index in [-0.39, 0.29) is 0 Å². The summed E-state index contributed by atoms with van der Waals surface area (Å²) in [6, 6.07) is 15.7. The predicted molar refractivity (Wildman–Crippen MR) is 76.8 cm³/mol. The number of hydrogen-bond acceptors (Lipinski definition) is 2. The first-order valence-corrected chi connectivity index (χ1v) is 7.00. The van der Waals surface area contributed by atoms with E-state index in [1.165, 1.54) is 35.2 Å². The first-order chi connectivity index (χ1) is 9.40. The normalized spacial score (nSPS) is 19.7. The van der Waals surface area contributed by atoms with Crippen LogP contribution in [-0.2, 0) is 12.8 Å². The molecule has 1 atom stereocenters. The number of fused-ring (bicyclic) bond motifs is 2. The van der Waals surface area contributed by atoms with Crippen LogP contribution < -0.4 is 10.1 Å². The van der Waals surface area contributed by atoms with Crippen molar-refractivity contribution in [3.63, 3.8) is 0 Å². The SMILES string of the molecule is c1ccc2c(c1)CCC2Nc1ccc2c(c1)CCO2. The molecule has 0 saturated heterocycles. The molecule has 1 heterocycles. The van der Waals surface area contributed by atoms with Crippen molar-refractivity contribution in [2.75, 3.05) is 11.9 Å². The average Bonchev–Trinajstić information content (AvgIpc) is 3.06. The fourth-order valence-electron chi connectivity index (χ4n) is 3.18. The van der Waals surface area contributed by atoms with Gasteiger partial charge in [-0.1, -0.05) is 24.3 Å². The molecule has 96 valence electrons. The second-order valence-corrected chi connectivity index (χ2v) is 5.36. The lowest BCUT2D eigenvalue weighted by Crippen LogP contribution is -2.07. The van der Waals surface area contributed by atoms with Crippen LogP contribution in [0.4, 0.5) is 5.69 Å². The Bertz CT molecular complexity index is 620. The summed E-state index contributed by atoms with van der Waals surface area (Å²) in [5.41, 5.74) is 5.49. The van der Waals surface area contributed by atoms with Crippen LogP contribution in [0, 0.1) is 0 Å². The van der Waals surface area contributed by atoms with Crippen LogP contribution >= 0.6 is 0 Å². The second-order valence-electron chi connectivity index (χ2n) is 5.36. The molecule has 19 heavy (non-hydrogen) atoms. The third-order valence-electron chi connectivity index (χ3n) is 4.16. The van der Waals surface area contributed by atoms with Crippen molar-refractivity contribution in [3.8, 4) is 5.75 Å². The summed E-state index contributed by atoms with van der Waals surface area (Å²) in [6.45, 7) is 0.824. The molecule has 0 aromatic heterocycles. The molecule has 1 unspecified atom stereocenters. The van der Waals surface area contributed by atoms with Gasteiger partial charge >= 0.3 is 0 Å². The van der Waals surface area contributed by atoms with Crippen molar-refractivity contribution < 1.29 is 4.74 Å². The minimum Gasteiger partial charge on any atom is -0.493 e. The molecule has 0 amide bonds. The van der Waals surface area contributed by atoms with E-state index in [0.717, 1.165) is 18.8 Å². The van der Waals surface area contributed by atoms with Gasteiger partial charge < -0.3 is 10.1 Å². The molecule has 0 bridgehead atoms. The number of benzene rings is 2. The van der Waals surface area contributed by atoms with Gasteiger partial charge in [0.05, 0.1) is 12.6 Å². The van der Waals surface area contributed by atoms with Crippen LogP contribution in [0.15, 0.2) is 42.5 Å². The minimum absolute atomic E-state index is 0.455. The highest BCUT2D eigenvalue weighted by Gasteiger charge is 2.22. The van der Waals surface area contributed by atoms with Crippen molar-refractivity contribution >= 4 is 5.69 Å². The van der Waals surface area contributed by atoms with Gasteiger partial charge in [0.2, 0.25) is 0 Å². The lowest BCUT2D eigenvalue weighted by Gasteiger charge is -2.16. The number of hydrogen-bond donors (Lipinski definition) is 1. The molecule has 1 N–H and O–H groups in total. The van der Waals surface area contributed by atoms with Crippen LogP contribution in [0.25, 0.3) is 0 Å². The molecule has 0 radical (unpaired) electrons. The highest BCUT2D eigenvalue weighted by Crippen LogP contribution is 2.35. The van der Waals surface area contributed by atoms with E-state index in [4.69, 9.17) is 4.74 Å². The maximum atomic E-state index is 5.55. The molecule has 4 rings (SSSR count). The predicted octanol–water partition coefficient (Wildman–Crippen LogP) is 3.72. The lowest BCUT2D eigenvalue weighted by molar-refractivity contribution is 0.357. The summed E-state index contributed by atoms with van der Waals surface area (Å²) in [5.74, 6) is 1.05. The zero-order valence-electron chi connectivity index (χ0n) is 10.9. The summed E-state index contributed by atoms with van der Waals surface area (Å²) in [7, 11) is 0. The quantitative estimate of drug-likeness (QED) is 0.878. The molecule has 2 heteroatoms. The van der Waals surface area contributed by atoms with Gasteiger partial charge in [0.25, 0.3) is 0 Å². The zero-order chi connectivity index (χ0) is 12.7. The third-order valence-corrected chi connectivity index (χ3v) is 4.16. The van der Waals surface area contributed by atoms with Crippen molar-refractivity contribution in [1.29, 1.82) is 0 Å². The summed E-state index contributed by atoms with van der Waals surface area (Å²) >= 11 is 0. The van der Waals surface area contributed by atoms with Gasteiger partial charge in [-0.25, -0.2) is 0 Å². The van der Waals surface area contributed by atoms with E-state index in [9.17, 15) is 0 Å². The fraction of sp³-hybridized carbons (Fsp3) is 0.294. The summed E-state index contributed by atoms with van der Waals surface area (Å²) in [6.07, 6.45) is 3.40. The smallest absolute Gasteiger partial charge is 0.122 e. The monoisotopic (exact) mass is 251 g/mol. The van der Waals surface area contributed by atoms with Gasteiger partial charge in [0.15, 0.2) is 0 Å². The van der Waals surface area contributed by atoms with Crippen molar-refractivity contribution in [2.45, 2.75) is 25.3 Å². The number of anilines is 1. The fourth-order valence-corrected chi connectivity index (χ4v) is 3.18. The first kappa shape index (κ1) is 10.9. The summed E-state index contributed by atoms with van der Waals surface area (Å²) in [5, 5.41) is 3.67. The zero-order valence-corrected chi connectivity index (χ0v) is 10.9. The van der Waals surface area contributed by atoms with Crippen LogP contribution in [0.1, 0.15) is 29.2 Å². The van der Waals surface area contributed by atoms with Gasteiger partial charge in [-0.15, -0.1) is 0 Å². The van der Waals surface area contributed by atoms with Crippen LogP contribution in [-0.4, -0.2) is 6.61 Å². The van der Waals surface area contributed by atoms with Crippen molar-refractivity contribution in [2.24, 2.45) is 0 Å². The molecule has 1 aliphatic carbocycles. The topological polar surface area (TPSA) is 21.3 Å². The Balaban J connectivity index is 1.60. The Hall–Kier alpha value is -1.96. The standard InChI is InChI=1S/C17H17NO/c1-2-4-15-12(3-1)5-7-16(15)18-14-6-8-17-13(11-14)9-10-19-17/h1-4,6,8,11,16,18H,5,7,9-10H2. The maximum absolute atomic E-state index is 5.55. The third kappa shape index (κ3) is 1.88. The second kappa shape index (κ2) is 4.30. The van der Waals surface area contributed by atoms with E-state index >= 15 is 0 Å². The number of rotatable bonds is 2. The van der Waals surface area contributed by atoms with E-state index in [0.29, 0.717) is 6.04 Å². The maximum Gasteiger partial charge on any atom is 0.122 e. The summed E-state index contributed by atoms with van der Waals surface area (Å²) in [4.78, 5) is 0. The van der Waals surface area contributed by atoms with Crippen LogP contribution in [0.3, 0.4) is 0 Å². The molecule has 0 fully saturated rings. The molecule has 2 aliphatic rings. The molecular formula is C17H17NO. The average molecular weight is 251 g/mol. The Morgan fingerprint density at radius 2 is 1.95 bits per heavy atom. The van der Waals surface area contributed by atoms with E-state index in [1.54, 1.807) is 0 Å². The van der Waals surface area contributed by atoms with Crippen molar-refractivity contribution in [1.82, 2.24) is 0 Å². The Kier molecular flexibility index (Phi) is 2.47. The number of aryl methyl sites for hydroxylation is 1. The molecule has 2 nitrogen and oxygen atoms in total. The minimum atomic E-state index is 0.455. The van der Waals surface area contributed by atoms with E-state index in [1.807, 2.05) is 0 Å². The molecule has 1 aliphatic heterocycles. The summed E-state index contributed by atoms with van der Waals surface area (Å²) < 4.78 is 5.55. The van der Waals surface area contributed by atoms with Crippen molar-refractivity contribution in [3.05, 3.63) is 59.2 Å². The number of ether oxygens (including phenoxy) is 1. The highest BCUT2D eigenvalue weighted by molar-refractivity contribution is 5.54. The largest absolute Gasteiger partial charge is 0.493 e. The lowest BCUT2D eigenvalue weighted by atomic mass is 10.1.